The minimum atomic E-state index is 0.112. The van der Waals surface area contributed by atoms with Gasteiger partial charge >= 0.3 is 0 Å². The van der Waals surface area contributed by atoms with Gasteiger partial charge in [0.1, 0.15) is 6.29 Å². The summed E-state index contributed by atoms with van der Waals surface area (Å²) in [7, 11) is 3.38. The van der Waals surface area contributed by atoms with Crippen molar-refractivity contribution in [1.29, 1.82) is 0 Å². The van der Waals surface area contributed by atoms with Crippen LogP contribution in [0.1, 0.15) is 37.8 Å². The van der Waals surface area contributed by atoms with Gasteiger partial charge < -0.3 is 19.0 Å². The topological polar surface area (TPSA) is 48.0 Å². The first-order valence-corrected chi connectivity index (χ1v) is 12.5. The summed E-state index contributed by atoms with van der Waals surface area (Å²) in [5.74, 6) is 3.09. The van der Waals surface area contributed by atoms with Crippen LogP contribution in [0.4, 0.5) is 0 Å². The molecule has 0 amide bonds. The van der Waals surface area contributed by atoms with Gasteiger partial charge in [-0.25, -0.2) is 0 Å². The summed E-state index contributed by atoms with van der Waals surface area (Å²) < 4.78 is 16.6. The lowest BCUT2D eigenvalue weighted by atomic mass is 9.79. The van der Waals surface area contributed by atoms with Gasteiger partial charge in [-0.05, 0) is 53.9 Å². The van der Waals surface area contributed by atoms with E-state index >= 15 is 0 Å². The molecule has 3 rings (SSSR count). The minimum absolute atomic E-state index is 0.112. The second-order valence-electron chi connectivity index (χ2n) is 9.86. The summed E-state index contributed by atoms with van der Waals surface area (Å²) in [6, 6.07) is 16.8. The van der Waals surface area contributed by atoms with Crippen LogP contribution in [-0.2, 0) is 22.5 Å². The molecule has 1 aliphatic rings. The van der Waals surface area contributed by atoms with Crippen molar-refractivity contribution in [3.8, 4) is 11.5 Å². The lowest BCUT2D eigenvalue weighted by Crippen LogP contribution is -2.23. The van der Waals surface area contributed by atoms with E-state index in [1.807, 2.05) is 12.1 Å². The van der Waals surface area contributed by atoms with E-state index < -0.39 is 0 Å². The van der Waals surface area contributed by atoms with Gasteiger partial charge in [-0.15, -0.1) is 0 Å². The van der Waals surface area contributed by atoms with E-state index in [4.69, 9.17) is 14.2 Å². The molecule has 5 heteroatoms. The number of carbonyl (C=O) groups is 1. The predicted molar refractivity (Wildman–Crippen MR) is 136 cm³/mol. The Morgan fingerprint density at radius 3 is 2.47 bits per heavy atom. The highest BCUT2D eigenvalue weighted by atomic mass is 16.5. The molecule has 2 aromatic carbocycles. The molecule has 3 atom stereocenters. The number of nitrogens with zero attached hydrogens (tertiary/aromatic N) is 1. The molecule has 0 bridgehead atoms. The summed E-state index contributed by atoms with van der Waals surface area (Å²) in [5, 5.41) is 0. The van der Waals surface area contributed by atoms with Crippen molar-refractivity contribution in [2.24, 2.45) is 23.7 Å². The van der Waals surface area contributed by atoms with Crippen molar-refractivity contribution in [3.05, 3.63) is 59.7 Å². The SMILES string of the molecule is COCCCOc1cc(C[C@@H](C[C@@H]2CN(Cc3ccccc3)C[C@H]2C=O)C(C)C)ccc1OC. The molecule has 1 saturated heterocycles. The zero-order chi connectivity index (χ0) is 24.3. The highest BCUT2D eigenvalue weighted by Gasteiger charge is 2.34. The Kier molecular flexibility index (Phi) is 10.4. The van der Waals surface area contributed by atoms with Crippen LogP contribution in [0.25, 0.3) is 0 Å². The van der Waals surface area contributed by atoms with E-state index in [9.17, 15) is 4.79 Å². The maximum atomic E-state index is 11.9. The van der Waals surface area contributed by atoms with Crippen LogP contribution in [-0.4, -0.2) is 51.7 Å². The fourth-order valence-electron chi connectivity index (χ4n) is 4.99. The van der Waals surface area contributed by atoms with E-state index in [0.29, 0.717) is 31.0 Å². The lowest BCUT2D eigenvalue weighted by Gasteiger charge is -2.26. The van der Waals surface area contributed by atoms with Gasteiger partial charge in [0.2, 0.25) is 0 Å². The third kappa shape index (κ3) is 7.57. The minimum Gasteiger partial charge on any atom is -0.493 e. The first-order valence-electron chi connectivity index (χ1n) is 12.5. The average molecular weight is 468 g/mol. The number of methoxy groups -OCH3 is 2. The Labute approximate surface area is 205 Å². The van der Waals surface area contributed by atoms with Crippen LogP contribution in [0.2, 0.25) is 0 Å². The van der Waals surface area contributed by atoms with Crippen LogP contribution in [0.3, 0.4) is 0 Å². The van der Waals surface area contributed by atoms with Crippen LogP contribution < -0.4 is 9.47 Å². The molecule has 0 saturated carbocycles. The molecule has 1 heterocycles. The Balaban J connectivity index is 1.64. The van der Waals surface area contributed by atoms with Crippen molar-refractivity contribution < 1.29 is 19.0 Å². The fourth-order valence-corrected chi connectivity index (χ4v) is 4.99. The smallest absolute Gasteiger partial charge is 0.161 e. The quantitative estimate of drug-likeness (QED) is 0.280. The summed E-state index contributed by atoms with van der Waals surface area (Å²) in [4.78, 5) is 14.4. The molecule has 2 aromatic rings. The molecule has 0 N–H and O–H groups in total. The van der Waals surface area contributed by atoms with Crippen LogP contribution in [0.15, 0.2) is 48.5 Å². The maximum absolute atomic E-state index is 11.9. The largest absolute Gasteiger partial charge is 0.493 e. The van der Waals surface area contributed by atoms with Crippen molar-refractivity contribution in [1.82, 2.24) is 4.90 Å². The second-order valence-corrected chi connectivity index (χ2v) is 9.86. The lowest BCUT2D eigenvalue weighted by molar-refractivity contribution is -0.111. The number of benzene rings is 2. The number of rotatable bonds is 14. The average Bonchev–Trinajstić information content (AvgIpc) is 3.23. The normalized spacial score (nSPS) is 19.3. The molecular weight excluding hydrogens is 426 g/mol. The number of hydrogen-bond donors (Lipinski definition) is 0. The second kappa shape index (κ2) is 13.5. The van der Waals surface area contributed by atoms with E-state index in [0.717, 1.165) is 50.4 Å². The summed E-state index contributed by atoms with van der Waals surface area (Å²) >= 11 is 0. The van der Waals surface area contributed by atoms with Crippen LogP contribution >= 0.6 is 0 Å². The molecule has 1 aliphatic heterocycles. The number of likely N-dealkylation sites (tertiary alicyclic amines) is 1. The van der Waals surface area contributed by atoms with Gasteiger partial charge in [0.05, 0.1) is 13.7 Å². The van der Waals surface area contributed by atoms with E-state index in [2.05, 4.69) is 55.1 Å². The summed E-state index contributed by atoms with van der Waals surface area (Å²) in [6.45, 7) is 8.62. The molecule has 34 heavy (non-hydrogen) atoms. The number of hydrogen-bond acceptors (Lipinski definition) is 5. The van der Waals surface area contributed by atoms with E-state index in [-0.39, 0.29) is 5.92 Å². The van der Waals surface area contributed by atoms with Gasteiger partial charge in [-0.3, -0.25) is 4.90 Å². The van der Waals surface area contributed by atoms with E-state index in [1.54, 1.807) is 14.2 Å². The highest BCUT2D eigenvalue weighted by Crippen LogP contribution is 2.35. The Morgan fingerprint density at radius 1 is 1.00 bits per heavy atom. The molecule has 186 valence electrons. The van der Waals surface area contributed by atoms with Crippen LogP contribution in [0, 0.1) is 23.7 Å². The third-order valence-electron chi connectivity index (χ3n) is 7.02. The van der Waals surface area contributed by atoms with Crippen molar-refractivity contribution in [2.45, 2.75) is 39.7 Å². The summed E-state index contributed by atoms with van der Waals surface area (Å²) in [6.07, 6.45) is 4.05. The standard InChI is InChI=1S/C29H41NO4/c1-22(2)25(15-24-11-12-28(33-4)29(16-24)34-14-8-13-32-3)17-26-19-30(20-27(26)21-31)18-23-9-6-5-7-10-23/h5-7,9-12,16,21-22,25-27H,8,13-15,17-20H2,1-4H3/t25-,26+,27-/m0/s1. The zero-order valence-corrected chi connectivity index (χ0v) is 21.2. The molecule has 0 radical (unpaired) electrons. The van der Waals surface area contributed by atoms with Gasteiger partial charge in [0.25, 0.3) is 0 Å². The molecule has 5 nitrogen and oxygen atoms in total. The third-order valence-corrected chi connectivity index (χ3v) is 7.02. The molecule has 0 aromatic heterocycles. The monoisotopic (exact) mass is 467 g/mol. The Hall–Kier alpha value is -2.37. The van der Waals surface area contributed by atoms with Gasteiger partial charge in [0.15, 0.2) is 11.5 Å². The molecule has 1 fully saturated rings. The highest BCUT2D eigenvalue weighted by molar-refractivity contribution is 5.55. The van der Waals surface area contributed by atoms with Crippen molar-refractivity contribution >= 4 is 6.29 Å². The molecule has 0 spiro atoms. The van der Waals surface area contributed by atoms with Gasteiger partial charge in [0, 0.05) is 45.7 Å². The van der Waals surface area contributed by atoms with Gasteiger partial charge in [-0.1, -0.05) is 50.2 Å². The Bertz CT molecular complexity index is 870. The molecule has 0 unspecified atom stereocenters. The number of aldehydes is 1. The molecule has 0 aliphatic carbocycles. The number of carbonyl (C=O) groups excluding carboxylic acids is 1. The van der Waals surface area contributed by atoms with E-state index in [1.165, 1.54) is 17.4 Å². The maximum Gasteiger partial charge on any atom is 0.161 e. The molecular formula is C29H41NO4. The first kappa shape index (κ1) is 26.2. The summed E-state index contributed by atoms with van der Waals surface area (Å²) in [5.41, 5.74) is 2.56. The number of ether oxygens (including phenoxy) is 3. The first-order chi connectivity index (χ1) is 16.5. The van der Waals surface area contributed by atoms with Gasteiger partial charge in [-0.2, -0.15) is 0 Å². The van der Waals surface area contributed by atoms with Crippen molar-refractivity contribution in [2.75, 3.05) is 40.5 Å². The zero-order valence-electron chi connectivity index (χ0n) is 21.2. The predicted octanol–water partition coefficient (Wildman–Crippen LogP) is 5.26. The fraction of sp³-hybridized carbons (Fsp3) is 0.552. The van der Waals surface area contributed by atoms with Crippen molar-refractivity contribution in [3.63, 3.8) is 0 Å². The Morgan fingerprint density at radius 2 is 1.79 bits per heavy atom. The van der Waals surface area contributed by atoms with Crippen LogP contribution in [0.5, 0.6) is 11.5 Å².